The summed E-state index contributed by atoms with van der Waals surface area (Å²) in [7, 11) is 0. The van der Waals surface area contributed by atoms with Gasteiger partial charge in [-0.3, -0.25) is 9.78 Å². The highest BCUT2D eigenvalue weighted by molar-refractivity contribution is 5.91. The molecule has 1 N–H and O–H groups in total. The average Bonchev–Trinajstić information content (AvgIpc) is 2.96. The Balaban J connectivity index is 1.86. The summed E-state index contributed by atoms with van der Waals surface area (Å²) >= 11 is 0. The first-order valence-electron chi connectivity index (χ1n) is 14.5. The number of carbonyl (C=O) groups excluding carboxylic acids is 1. The molecule has 0 spiro atoms. The fourth-order valence-electron chi connectivity index (χ4n) is 5.86. The van der Waals surface area contributed by atoms with Crippen LogP contribution in [0.1, 0.15) is 57.4 Å². The molecule has 1 aliphatic rings. The van der Waals surface area contributed by atoms with Crippen LogP contribution in [0.2, 0.25) is 0 Å². The predicted octanol–water partition coefficient (Wildman–Crippen LogP) is 5.00. The van der Waals surface area contributed by atoms with Crippen molar-refractivity contribution < 1.29 is 18.7 Å². The van der Waals surface area contributed by atoms with E-state index in [2.05, 4.69) is 21.5 Å². The van der Waals surface area contributed by atoms with E-state index >= 15 is 8.78 Å². The maximum atomic E-state index is 16.2. The van der Waals surface area contributed by atoms with Crippen LogP contribution in [0.15, 0.2) is 54.0 Å². The van der Waals surface area contributed by atoms with E-state index in [1.807, 2.05) is 32.6 Å². The van der Waals surface area contributed by atoms with E-state index in [0.29, 0.717) is 31.0 Å². The van der Waals surface area contributed by atoms with E-state index in [1.54, 1.807) is 17.2 Å². The summed E-state index contributed by atoms with van der Waals surface area (Å²) in [6, 6.07) is 6.83. The van der Waals surface area contributed by atoms with Crippen LogP contribution in [0.25, 0.3) is 28.0 Å². The van der Waals surface area contributed by atoms with Crippen molar-refractivity contribution in [3.63, 3.8) is 0 Å². The molecule has 44 heavy (non-hydrogen) atoms. The SMILES string of the molecule is C=CC(=O)N1CCN(c2nc(=O)n(-c3c(C)ccnc3C(C)C)c3nc(-c4c(F)cccc4C(C)(C)O)c(F)cc23)[C@@H](C)C1. The number of hydrogen-bond acceptors (Lipinski definition) is 7. The van der Waals surface area contributed by atoms with Gasteiger partial charge >= 0.3 is 5.69 Å². The van der Waals surface area contributed by atoms with Crippen LogP contribution >= 0.6 is 0 Å². The van der Waals surface area contributed by atoms with Crippen molar-refractivity contribution in [3.05, 3.63) is 88.1 Å². The molecule has 11 heteroatoms. The van der Waals surface area contributed by atoms with Crippen LogP contribution in [0.3, 0.4) is 0 Å². The van der Waals surface area contributed by atoms with Crippen LogP contribution in [0.4, 0.5) is 14.6 Å². The van der Waals surface area contributed by atoms with Crippen molar-refractivity contribution in [1.29, 1.82) is 0 Å². The van der Waals surface area contributed by atoms with Crippen LogP contribution in [0.5, 0.6) is 0 Å². The summed E-state index contributed by atoms with van der Waals surface area (Å²) in [4.78, 5) is 43.5. The minimum absolute atomic E-state index is 0.0659. The molecule has 1 saturated heterocycles. The Morgan fingerprint density at radius 2 is 1.89 bits per heavy atom. The Morgan fingerprint density at radius 1 is 1.16 bits per heavy atom. The molecule has 9 nitrogen and oxygen atoms in total. The highest BCUT2D eigenvalue weighted by atomic mass is 19.1. The lowest BCUT2D eigenvalue weighted by atomic mass is 9.91. The highest BCUT2D eigenvalue weighted by Crippen LogP contribution is 2.37. The Labute approximate surface area is 254 Å². The molecule has 4 heterocycles. The van der Waals surface area contributed by atoms with Crippen LogP contribution in [-0.2, 0) is 10.4 Å². The van der Waals surface area contributed by atoms with Crippen LogP contribution < -0.4 is 10.6 Å². The predicted molar refractivity (Wildman–Crippen MR) is 166 cm³/mol. The maximum absolute atomic E-state index is 16.2. The molecule has 0 saturated carbocycles. The zero-order chi connectivity index (χ0) is 32.1. The van der Waals surface area contributed by atoms with Crippen molar-refractivity contribution in [2.24, 2.45) is 0 Å². The van der Waals surface area contributed by atoms with Crippen molar-refractivity contribution in [2.75, 3.05) is 24.5 Å². The van der Waals surface area contributed by atoms with Gasteiger partial charge < -0.3 is 14.9 Å². The van der Waals surface area contributed by atoms with Gasteiger partial charge in [0.2, 0.25) is 5.91 Å². The lowest BCUT2D eigenvalue weighted by molar-refractivity contribution is -0.126. The maximum Gasteiger partial charge on any atom is 0.355 e. The first-order chi connectivity index (χ1) is 20.7. The third-order valence-electron chi connectivity index (χ3n) is 8.02. The number of nitrogens with zero attached hydrogens (tertiary/aromatic N) is 6. The van der Waals surface area contributed by atoms with E-state index in [1.165, 1.54) is 48.8 Å². The summed E-state index contributed by atoms with van der Waals surface area (Å²) in [5, 5.41) is 11.1. The molecule has 0 radical (unpaired) electrons. The van der Waals surface area contributed by atoms with Crippen LogP contribution in [0, 0.1) is 18.6 Å². The van der Waals surface area contributed by atoms with Gasteiger partial charge in [-0.25, -0.2) is 23.1 Å². The molecule has 1 fully saturated rings. The van der Waals surface area contributed by atoms with Gasteiger partial charge in [-0.1, -0.05) is 32.6 Å². The number of rotatable bonds is 6. The molecule has 0 aliphatic carbocycles. The number of anilines is 1. The number of carbonyl (C=O) groups is 1. The van der Waals surface area contributed by atoms with Crippen LogP contribution in [-0.4, -0.2) is 61.1 Å². The van der Waals surface area contributed by atoms with Gasteiger partial charge in [0.15, 0.2) is 5.65 Å². The number of aryl methyl sites for hydroxylation is 1. The monoisotopic (exact) mass is 602 g/mol. The molecular formula is C33H36F2N6O3. The second-order valence-corrected chi connectivity index (χ2v) is 12.0. The van der Waals surface area contributed by atoms with E-state index < -0.39 is 22.9 Å². The summed E-state index contributed by atoms with van der Waals surface area (Å²) in [6.45, 7) is 15.2. The smallest absolute Gasteiger partial charge is 0.355 e. The molecular weight excluding hydrogens is 566 g/mol. The second-order valence-electron chi connectivity index (χ2n) is 12.0. The Morgan fingerprint density at radius 3 is 2.52 bits per heavy atom. The molecule has 1 atom stereocenters. The van der Waals surface area contributed by atoms with Gasteiger partial charge in [-0.05, 0) is 69.0 Å². The number of benzene rings is 1. The fourth-order valence-corrected chi connectivity index (χ4v) is 5.86. The Kier molecular flexibility index (Phi) is 8.11. The molecule has 5 rings (SSSR count). The largest absolute Gasteiger partial charge is 0.386 e. The van der Waals surface area contributed by atoms with Gasteiger partial charge in [0.1, 0.15) is 23.1 Å². The molecule has 1 amide bonds. The van der Waals surface area contributed by atoms with Crippen molar-refractivity contribution in [3.8, 4) is 16.9 Å². The first-order valence-corrected chi connectivity index (χ1v) is 14.5. The number of pyridine rings is 2. The lowest BCUT2D eigenvalue weighted by Gasteiger charge is -2.40. The van der Waals surface area contributed by atoms with Crippen molar-refractivity contribution in [2.45, 2.75) is 59.1 Å². The number of amides is 1. The number of halogens is 2. The van der Waals surface area contributed by atoms with E-state index in [4.69, 9.17) is 0 Å². The molecule has 3 aromatic heterocycles. The zero-order valence-corrected chi connectivity index (χ0v) is 25.7. The zero-order valence-electron chi connectivity index (χ0n) is 25.7. The van der Waals surface area contributed by atoms with Crippen molar-refractivity contribution in [1.82, 2.24) is 24.4 Å². The summed E-state index contributed by atoms with van der Waals surface area (Å²) in [5.74, 6) is -1.70. The van der Waals surface area contributed by atoms with Gasteiger partial charge in [-0.15, -0.1) is 0 Å². The third-order valence-corrected chi connectivity index (χ3v) is 8.02. The van der Waals surface area contributed by atoms with Gasteiger partial charge in [-0.2, -0.15) is 4.98 Å². The quantitative estimate of drug-likeness (QED) is 0.310. The number of piperazine rings is 1. The van der Waals surface area contributed by atoms with E-state index in [-0.39, 0.29) is 51.5 Å². The molecule has 0 unspecified atom stereocenters. The standard InChI is InChI=1S/C33H36F2N6O3/c1-8-25(42)39-14-15-40(20(5)17-39)30-21-16-24(35)28(26-22(33(6,7)44)10-9-11-23(26)34)37-31(21)41(32(43)38-30)29-19(4)12-13-36-27(29)18(2)3/h8-13,16,18,20,44H,1,14-15,17H2,2-7H3/t20-/m0/s1. The first kappa shape index (κ1) is 30.9. The normalized spacial score (nSPS) is 15.7. The molecule has 1 aliphatic heterocycles. The molecule has 0 bridgehead atoms. The van der Waals surface area contributed by atoms with E-state index in [9.17, 15) is 14.7 Å². The Bertz CT molecular complexity index is 1850. The summed E-state index contributed by atoms with van der Waals surface area (Å²) in [5.41, 5.74) is -0.720. The number of fused-ring (bicyclic) bond motifs is 1. The summed E-state index contributed by atoms with van der Waals surface area (Å²) in [6.07, 6.45) is 2.91. The van der Waals surface area contributed by atoms with Crippen molar-refractivity contribution >= 4 is 22.8 Å². The van der Waals surface area contributed by atoms with Gasteiger partial charge in [0.05, 0.1) is 22.4 Å². The third kappa shape index (κ3) is 5.36. The number of aliphatic hydroxyl groups is 1. The number of aromatic nitrogens is 4. The van der Waals surface area contributed by atoms with Gasteiger partial charge in [0.25, 0.3) is 0 Å². The molecule has 4 aromatic rings. The topological polar surface area (TPSA) is 104 Å². The minimum Gasteiger partial charge on any atom is -0.386 e. The highest BCUT2D eigenvalue weighted by Gasteiger charge is 2.32. The lowest BCUT2D eigenvalue weighted by Crippen LogP contribution is -2.54. The minimum atomic E-state index is -1.52. The second kappa shape index (κ2) is 11.5. The van der Waals surface area contributed by atoms with E-state index in [0.717, 1.165) is 5.56 Å². The average molecular weight is 603 g/mol. The Hall–Kier alpha value is -4.51. The number of hydrogen-bond donors (Lipinski definition) is 1. The molecule has 1 aromatic carbocycles. The summed E-state index contributed by atoms with van der Waals surface area (Å²) < 4.78 is 33.0. The van der Waals surface area contributed by atoms with Gasteiger partial charge in [0, 0.05) is 37.4 Å². The fraction of sp³-hybridized carbons (Fsp3) is 0.364. The molecule has 230 valence electrons.